The van der Waals surface area contributed by atoms with E-state index >= 15 is 0 Å². The number of nitrogens with zero attached hydrogens (tertiary/aromatic N) is 3. The molecule has 6 nitrogen and oxygen atoms in total. The quantitative estimate of drug-likeness (QED) is 0.676. The van der Waals surface area contributed by atoms with E-state index in [1.54, 1.807) is 24.5 Å². The Labute approximate surface area is 138 Å². The summed E-state index contributed by atoms with van der Waals surface area (Å²) in [7, 11) is 0. The summed E-state index contributed by atoms with van der Waals surface area (Å²) in [6, 6.07) is 5.40. The van der Waals surface area contributed by atoms with Gasteiger partial charge in [0, 0.05) is 35.0 Å². The van der Waals surface area contributed by atoms with E-state index in [2.05, 4.69) is 16.0 Å². The second kappa shape index (κ2) is 5.63. The van der Waals surface area contributed by atoms with Crippen LogP contribution in [0.25, 0.3) is 11.0 Å². The molecule has 0 bridgehead atoms. The van der Waals surface area contributed by atoms with Crippen LogP contribution in [0, 0.1) is 6.92 Å². The highest BCUT2D eigenvalue weighted by atomic mass is 16.5. The first-order valence-electron chi connectivity index (χ1n) is 7.91. The van der Waals surface area contributed by atoms with Gasteiger partial charge in [-0.15, -0.1) is 0 Å². The third-order valence-electron chi connectivity index (χ3n) is 4.32. The minimum Gasteiger partial charge on any atom is -0.472 e. The molecule has 0 aliphatic carbocycles. The minimum absolute atomic E-state index is 0.322. The highest BCUT2D eigenvalue weighted by Crippen LogP contribution is 2.36. The smallest absolute Gasteiger partial charge is 0.336 e. The van der Waals surface area contributed by atoms with E-state index < -0.39 is 0 Å². The van der Waals surface area contributed by atoms with Gasteiger partial charge < -0.3 is 14.1 Å². The van der Waals surface area contributed by atoms with Crippen molar-refractivity contribution in [3.8, 4) is 5.75 Å². The molecule has 0 unspecified atom stereocenters. The number of hydrogen-bond donors (Lipinski definition) is 0. The van der Waals surface area contributed by atoms with Crippen molar-refractivity contribution < 1.29 is 9.15 Å². The van der Waals surface area contributed by atoms with Crippen molar-refractivity contribution in [1.29, 1.82) is 0 Å². The second-order valence-corrected chi connectivity index (χ2v) is 5.83. The van der Waals surface area contributed by atoms with E-state index in [4.69, 9.17) is 9.15 Å². The maximum atomic E-state index is 11.8. The van der Waals surface area contributed by atoms with Crippen molar-refractivity contribution in [3.63, 3.8) is 0 Å². The number of ether oxygens (including phenoxy) is 1. The Morgan fingerprint density at radius 3 is 2.79 bits per heavy atom. The van der Waals surface area contributed by atoms with Crippen molar-refractivity contribution in [2.45, 2.75) is 26.8 Å². The Balaban J connectivity index is 1.85. The summed E-state index contributed by atoms with van der Waals surface area (Å²) in [6.07, 6.45) is 4.20. The van der Waals surface area contributed by atoms with E-state index in [0.717, 1.165) is 34.2 Å². The first-order chi connectivity index (χ1) is 11.7. The fourth-order valence-corrected chi connectivity index (χ4v) is 3.16. The summed E-state index contributed by atoms with van der Waals surface area (Å²) in [5.41, 5.74) is 3.19. The SMILES string of the molecule is CCc1cc(=O)oc2c(C)c3c(cc12)CN(c1ncccn1)CO3. The van der Waals surface area contributed by atoms with Crippen LogP contribution in [0.2, 0.25) is 0 Å². The van der Waals surface area contributed by atoms with Gasteiger partial charge in [0.05, 0.1) is 6.54 Å². The molecule has 0 fully saturated rings. The predicted octanol–water partition coefficient (Wildman–Crippen LogP) is 2.81. The van der Waals surface area contributed by atoms with Crippen molar-refractivity contribution in [2.75, 3.05) is 11.6 Å². The summed E-state index contributed by atoms with van der Waals surface area (Å²) in [5.74, 6) is 1.42. The molecule has 1 aliphatic heterocycles. The van der Waals surface area contributed by atoms with Gasteiger partial charge in [-0.3, -0.25) is 0 Å². The average Bonchev–Trinajstić information content (AvgIpc) is 2.62. The van der Waals surface area contributed by atoms with Gasteiger partial charge in [-0.2, -0.15) is 0 Å². The molecule has 0 atom stereocenters. The maximum Gasteiger partial charge on any atom is 0.336 e. The lowest BCUT2D eigenvalue weighted by Crippen LogP contribution is -2.33. The van der Waals surface area contributed by atoms with Gasteiger partial charge in [0.25, 0.3) is 0 Å². The lowest BCUT2D eigenvalue weighted by molar-refractivity contribution is 0.285. The van der Waals surface area contributed by atoms with E-state index in [1.807, 2.05) is 18.7 Å². The molecule has 0 amide bonds. The molecule has 0 N–H and O–H groups in total. The number of aromatic nitrogens is 2. The molecule has 0 radical (unpaired) electrons. The highest BCUT2D eigenvalue weighted by Gasteiger charge is 2.24. The molecular formula is C18H17N3O3. The molecule has 0 spiro atoms. The molecule has 0 saturated heterocycles. The molecule has 122 valence electrons. The van der Waals surface area contributed by atoms with Crippen LogP contribution >= 0.6 is 0 Å². The first-order valence-corrected chi connectivity index (χ1v) is 7.91. The zero-order chi connectivity index (χ0) is 16.7. The Morgan fingerprint density at radius 2 is 2.04 bits per heavy atom. The summed E-state index contributed by atoms with van der Waals surface area (Å²) in [4.78, 5) is 22.3. The van der Waals surface area contributed by atoms with Crippen LogP contribution in [-0.4, -0.2) is 16.7 Å². The van der Waals surface area contributed by atoms with Gasteiger partial charge in [-0.25, -0.2) is 14.8 Å². The van der Waals surface area contributed by atoms with Crippen molar-refractivity contribution >= 4 is 16.9 Å². The van der Waals surface area contributed by atoms with E-state index in [0.29, 0.717) is 24.8 Å². The van der Waals surface area contributed by atoms with Crippen LogP contribution in [0.1, 0.15) is 23.6 Å². The van der Waals surface area contributed by atoms with E-state index in [9.17, 15) is 4.79 Å². The normalized spacial score (nSPS) is 13.7. The van der Waals surface area contributed by atoms with Crippen LogP contribution in [0.3, 0.4) is 0 Å². The minimum atomic E-state index is -0.322. The Bertz CT molecular complexity index is 967. The Hall–Kier alpha value is -2.89. The molecule has 6 heteroatoms. The summed E-state index contributed by atoms with van der Waals surface area (Å²) >= 11 is 0. The van der Waals surface area contributed by atoms with Crippen LogP contribution in [0.5, 0.6) is 5.75 Å². The molecule has 1 aliphatic rings. The Morgan fingerprint density at radius 1 is 1.25 bits per heavy atom. The number of aryl methyl sites for hydroxylation is 2. The summed E-state index contributed by atoms with van der Waals surface area (Å²) < 4.78 is 11.4. The number of benzene rings is 1. The molecule has 2 aromatic heterocycles. The van der Waals surface area contributed by atoms with Crippen molar-refractivity contribution in [2.24, 2.45) is 0 Å². The lowest BCUT2D eigenvalue weighted by Gasteiger charge is -2.30. The molecule has 1 aromatic carbocycles. The molecule has 4 rings (SSSR count). The third-order valence-corrected chi connectivity index (χ3v) is 4.32. The monoisotopic (exact) mass is 323 g/mol. The number of fused-ring (bicyclic) bond motifs is 2. The van der Waals surface area contributed by atoms with Crippen molar-refractivity contribution in [3.05, 3.63) is 57.7 Å². The highest BCUT2D eigenvalue weighted by molar-refractivity contribution is 5.86. The standard InChI is InChI=1S/C18H17N3O3/c1-3-12-8-15(22)24-17-11(2)16-13(7-14(12)17)9-21(10-23-16)18-19-5-4-6-20-18/h4-8H,3,9-10H2,1-2H3. The van der Waals surface area contributed by atoms with Gasteiger partial charge in [0.15, 0.2) is 6.73 Å². The molecular weight excluding hydrogens is 306 g/mol. The zero-order valence-electron chi connectivity index (χ0n) is 13.6. The average molecular weight is 323 g/mol. The maximum absolute atomic E-state index is 11.8. The zero-order valence-corrected chi connectivity index (χ0v) is 13.6. The molecule has 3 aromatic rings. The van der Waals surface area contributed by atoms with Gasteiger partial charge in [0.2, 0.25) is 5.95 Å². The summed E-state index contributed by atoms with van der Waals surface area (Å²) in [5, 5.41) is 0.966. The molecule has 24 heavy (non-hydrogen) atoms. The second-order valence-electron chi connectivity index (χ2n) is 5.83. The molecule has 0 saturated carbocycles. The number of hydrogen-bond acceptors (Lipinski definition) is 6. The summed E-state index contributed by atoms with van der Waals surface area (Å²) in [6.45, 7) is 4.97. The van der Waals surface area contributed by atoms with Gasteiger partial charge in [-0.1, -0.05) is 6.92 Å². The van der Waals surface area contributed by atoms with Gasteiger partial charge in [0.1, 0.15) is 11.3 Å². The predicted molar refractivity (Wildman–Crippen MR) is 90.3 cm³/mol. The van der Waals surface area contributed by atoms with Crippen LogP contribution in [0.4, 0.5) is 5.95 Å². The lowest BCUT2D eigenvalue weighted by atomic mass is 9.99. The molecule has 3 heterocycles. The number of rotatable bonds is 2. The van der Waals surface area contributed by atoms with Gasteiger partial charge in [-0.05, 0) is 31.0 Å². The topological polar surface area (TPSA) is 68.5 Å². The van der Waals surface area contributed by atoms with E-state index in [-0.39, 0.29) is 5.63 Å². The van der Waals surface area contributed by atoms with Crippen LogP contribution in [0.15, 0.2) is 39.8 Å². The number of anilines is 1. The largest absolute Gasteiger partial charge is 0.472 e. The van der Waals surface area contributed by atoms with Gasteiger partial charge >= 0.3 is 5.63 Å². The van der Waals surface area contributed by atoms with E-state index in [1.165, 1.54) is 0 Å². The first kappa shape index (κ1) is 14.7. The van der Waals surface area contributed by atoms with Crippen LogP contribution < -0.4 is 15.3 Å². The van der Waals surface area contributed by atoms with Crippen LogP contribution in [-0.2, 0) is 13.0 Å². The fraction of sp³-hybridized carbons (Fsp3) is 0.278. The fourth-order valence-electron chi connectivity index (χ4n) is 3.16. The third kappa shape index (κ3) is 2.31. The Kier molecular flexibility index (Phi) is 3.45. The van der Waals surface area contributed by atoms with Crippen molar-refractivity contribution in [1.82, 2.24) is 9.97 Å².